The molecule has 1 aliphatic heterocycles. The van der Waals surface area contributed by atoms with Crippen molar-refractivity contribution in [3.05, 3.63) is 0 Å². The summed E-state index contributed by atoms with van der Waals surface area (Å²) in [4.78, 5) is 14.5. The first kappa shape index (κ1) is 22.7. The molecule has 3 N–H and O–H groups in total. The van der Waals surface area contributed by atoms with Crippen molar-refractivity contribution < 1.29 is 34.3 Å². The molecule has 8 nitrogen and oxygen atoms in total. The van der Waals surface area contributed by atoms with E-state index < -0.39 is 41.0 Å². The minimum Gasteiger partial charge on any atom is -0.462 e. The van der Waals surface area contributed by atoms with Crippen LogP contribution in [-0.2, 0) is 19.0 Å². The van der Waals surface area contributed by atoms with E-state index >= 15 is 0 Å². The Morgan fingerprint density at radius 1 is 1.24 bits per heavy atom. The van der Waals surface area contributed by atoms with E-state index in [1.165, 1.54) is 6.92 Å². The van der Waals surface area contributed by atoms with Gasteiger partial charge in [0, 0.05) is 57.3 Å². The SMILES string of the molecule is CCN1C[C@]2(C)CC[C@H](O)[C@@]34[C@@H]5C[C@H]6[C@H](OC(C)=O)[C@@H]5[C@](OC)(C[C@@H]6OC)[C@](O)([C@@H](O)[C@H]23)[C@@H]14. The number of likely N-dealkylation sites (tertiary alicyclic amines) is 1. The molecular formula is C25H39NO7. The fourth-order valence-electron chi connectivity index (χ4n) is 10.8. The smallest absolute Gasteiger partial charge is 0.302 e. The Labute approximate surface area is 195 Å². The number of aliphatic hydroxyl groups is 3. The Balaban J connectivity index is 1.66. The molecule has 33 heavy (non-hydrogen) atoms. The molecule has 0 unspecified atom stereocenters. The lowest BCUT2D eigenvalue weighted by atomic mass is 9.43. The summed E-state index contributed by atoms with van der Waals surface area (Å²) in [6.07, 6.45) is 0.192. The number of aliphatic hydroxyl groups excluding tert-OH is 2. The van der Waals surface area contributed by atoms with Gasteiger partial charge in [0.1, 0.15) is 17.3 Å². The number of hydrogen-bond acceptors (Lipinski definition) is 8. The van der Waals surface area contributed by atoms with E-state index in [-0.39, 0.29) is 41.2 Å². The lowest BCUT2D eigenvalue weighted by molar-refractivity contribution is -0.322. The van der Waals surface area contributed by atoms with Crippen LogP contribution in [0.1, 0.15) is 46.5 Å². The number of fused-ring (bicyclic) bond motifs is 2. The fraction of sp³-hybridized carbons (Fsp3) is 0.960. The molecule has 1 heterocycles. The van der Waals surface area contributed by atoms with Gasteiger partial charge >= 0.3 is 5.97 Å². The highest BCUT2D eigenvalue weighted by molar-refractivity contribution is 5.66. The highest BCUT2D eigenvalue weighted by Gasteiger charge is 2.91. The summed E-state index contributed by atoms with van der Waals surface area (Å²) in [5.41, 5.74) is -3.66. The fourth-order valence-corrected chi connectivity index (χ4v) is 10.8. The van der Waals surface area contributed by atoms with Crippen molar-refractivity contribution in [2.75, 3.05) is 27.3 Å². The first-order valence-corrected chi connectivity index (χ1v) is 12.7. The molecule has 13 atom stereocenters. The molecule has 186 valence electrons. The Morgan fingerprint density at radius 2 is 1.97 bits per heavy atom. The van der Waals surface area contributed by atoms with Crippen molar-refractivity contribution in [1.29, 1.82) is 0 Å². The zero-order valence-electron chi connectivity index (χ0n) is 20.4. The maximum absolute atomic E-state index is 12.9. The molecule has 0 radical (unpaired) electrons. The molecule has 6 aliphatic rings. The predicted octanol–water partition coefficient (Wildman–Crippen LogP) is 0.561. The van der Waals surface area contributed by atoms with Gasteiger partial charge in [-0.3, -0.25) is 9.69 Å². The van der Waals surface area contributed by atoms with E-state index in [2.05, 4.69) is 18.7 Å². The summed E-state index contributed by atoms with van der Waals surface area (Å²) >= 11 is 0. The minimum atomic E-state index is -1.61. The van der Waals surface area contributed by atoms with Crippen LogP contribution in [0.25, 0.3) is 0 Å². The zero-order chi connectivity index (χ0) is 23.7. The second-order valence-electron chi connectivity index (χ2n) is 12.1. The Morgan fingerprint density at radius 3 is 2.58 bits per heavy atom. The van der Waals surface area contributed by atoms with Crippen molar-refractivity contribution in [3.8, 4) is 0 Å². The van der Waals surface area contributed by atoms with E-state index in [1.54, 1.807) is 14.2 Å². The van der Waals surface area contributed by atoms with Gasteiger partial charge < -0.3 is 29.5 Å². The normalized spacial score (nSPS) is 60.7. The number of piperidine rings is 1. The quantitative estimate of drug-likeness (QED) is 0.517. The summed E-state index contributed by atoms with van der Waals surface area (Å²) in [6.45, 7) is 7.24. The maximum atomic E-state index is 12.9. The van der Waals surface area contributed by atoms with Crippen molar-refractivity contribution in [3.63, 3.8) is 0 Å². The summed E-state index contributed by atoms with van der Waals surface area (Å²) in [6, 6.07) is -0.424. The zero-order valence-corrected chi connectivity index (χ0v) is 20.4. The Hall–Kier alpha value is -0.770. The topological polar surface area (TPSA) is 109 Å². The second-order valence-corrected chi connectivity index (χ2v) is 12.1. The third-order valence-electron chi connectivity index (χ3n) is 11.4. The summed E-state index contributed by atoms with van der Waals surface area (Å²) < 4.78 is 18.2. The van der Waals surface area contributed by atoms with Crippen LogP contribution in [0.5, 0.6) is 0 Å². The molecule has 6 rings (SSSR count). The average Bonchev–Trinajstić information content (AvgIpc) is 3.14. The van der Waals surface area contributed by atoms with Crippen molar-refractivity contribution in [1.82, 2.24) is 4.90 Å². The van der Waals surface area contributed by atoms with Gasteiger partial charge in [0.2, 0.25) is 0 Å². The van der Waals surface area contributed by atoms with Crippen LogP contribution in [0.15, 0.2) is 0 Å². The summed E-state index contributed by atoms with van der Waals surface area (Å²) in [7, 11) is 3.26. The molecule has 8 heteroatoms. The van der Waals surface area contributed by atoms with Gasteiger partial charge in [-0.1, -0.05) is 13.8 Å². The Kier molecular flexibility index (Phi) is 4.61. The molecule has 5 saturated carbocycles. The second kappa shape index (κ2) is 6.71. The number of esters is 1. The number of likely N-dealkylation sites (N-methyl/N-ethyl adjacent to an activating group) is 1. The van der Waals surface area contributed by atoms with Crippen molar-refractivity contribution in [2.24, 2.45) is 34.5 Å². The molecule has 7 bridgehead atoms. The average molecular weight is 466 g/mol. The van der Waals surface area contributed by atoms with Gasteiger partial charge in [0.15, 0.2) is 0 Å². The maximum Gasteiger partial charge on any atom is 0.302 e. The van der Waals surface area contributed by atoms with E-state index in [0.717, 1.165) is 25.9 Å². The van der Waals surface area contributed by atoms with Crippen molar-refractivity contribution >= 4 is 5.97 Å². The molecule has 0 aromatic carbocycles. The largest absolute Gasteiger partial charge is 0.462 e. The standard InChI is InChI=1S/C25H39NO7/c1-6-26-11-22(3)8-7-16(28)24-14-9-13-15(31-4)10-23(32-5,17(14)18(13)33-12(2)27)25(30,21(24)26)20(29)19(22)24/h13-21,28-30H,6-11H2,1-5H3/t13-,14-,15+,16+,17-,18+,19-,20+,21+,22+,23-,24+,25+/m1/s1. The van der Waals surface area contributed by atoms with Gasteiger partial charge in [-0.15, -0.1) is 0 Å². The number of methoxy groups -OCH3 is 2. The third kappa shape index (κ3) is 2.16. The van der Waals surface area contributed by atoms with Gasteiger partial charge in [-0.25, -0.2) is 0 Å². The van der Waals surface area contributed by atoms with Crippen molar-refractivity contribution in [2.45, 2.75) is 88.1 Å². The molecule has 5 aliphatic carbocycles. The number of ether oxygens (including phenoxy) is 3. The van der Waals surface area contributed by atoms with Gasteiger partial charge in [-0.2, -0.15) is 0 Å². The lowest BCUT2D eigenvalue weighted by Gasteiger charge is -2.70. The van der Waals surface area contributed by atoms with Crippen LogP contribution in [0.4, 0.5) is 0 Å². The highest BCUT2D eigenvalue weighted by Crippen LogP contribution is 2.80. The van der Waals surface area contributed by atoms with Crippen LogP contribution < -0.4 is 0 Å². The number of nitrogens with zero attached hydrogens (tertiary/aromatic N) is 1. The third-order valence-corrected chi connectivity index (χ3v) is 11.4. The molecule has 6 fully saturated rings. The van der Waals surface area contributed by atoms with E-state index in [4.69, 9.17) is 14.2 Å². The molecule has 0 aromatic rings. The van der Waals surface area contributed by atoms with Crippen LogP contribution in [-0.4, -0.2) is 95.2 Å². The monoisotopic (exact) mass is 465 g/mol. The Bertz CT molecular complexity index is 870. The van der Waals surface area contributed by atoms with E-state index in [0.29, 0.717) is 12.8 Å². The number of carbonyl (C=O) groups is 1. The van der Waals surface area contributed by atoms with Crippen LogP contribution >= 0.6 is 0 Å². The molecule has 0 amide bonds. The molecule has 1 saturated heterocycles. The van der Waals surface area contributed by atoms with E-state index in [1.807, 2.05) is 0 Å². The number of rotatable bonds is 4. The summed E-state index contributed by atoms with van der Waals surface area (Å²) in [5, 5.41) is 36.8. The summed E-state index contributed by atoms with van der Waals surface area (Å²) in [5.74, 6) is -0.990. The predicted molar refractivity (Wildman–Crippen MR) is 117 cm³/mol. The number of carbonyl (C=O) groups excluding carboxylic acids is 1. The molecule has 0 aromatic heterocycles. The molecule has 1 spiro atoms. The van der Waals surface area contributed by atoms with E-state index in [9.17, 15) is 20.1 Å². The van der Waals surface area contributed by atoms with Crippen LogP contribution in [0.3, 0.4) is 0 Å². The first-order chi connectivity index (χ1) is 15.6. The molecular weight excluding hydrogens is 426 g/mol. The van der Waals surface area contributed by atoms with Crippen LogP contribution in [0.2, 0.25) is 0 Å². The van der Waals surface area contributed by atoms with Gasteiger partial charge in [-0.05, 0) is 37.1 Å². The van der Waals surface area contributed by atoms with Gasteiger partial charge in [0.25, 0.3) is 0 Å². The lowest BCUT2D eigenvalue weighted by Crippen LogP contribution is -2.82. The highest BCUT2D eigenvalue weighted by atomic mass is 16.6. The van der Waals surface area contributed by atoms with Crippen LogP contribution in [0, 0.1) is 34.5 Å². The first-order valence-electron chi connectivity index (χ1n) is 12.7. The van der Waals surface area contributed by atoms with Gasteiger partial charge in [0.05, 0.1) is 24.4 Å². The number of hydrogen-bond donors (Lipinski definition) is 3. The minimum absolute atomic E-state index is 0.0252.